The van der Waals surface area contributed by atoms with Gasteiger partial charge in [0.2, 0.25) is 5.95 Å². The summed E-state index contributed by atoms with van der Waals surface area (Å²) >= 11 is 0. The zero-order valence-corrected chi connectivity index (χ0v) is 15.4. The first kappa shape index (κ1) is 19.5. The molecule has 10 heteroatoms. The number of nitrogens with one attached hydrogen (secondary N) is 1. The van der Waals surface area contributed by atoms with Crippen molar-refractivity contribution in [3.8, 4) is 0 Å². The molecule has 0 amide bonds. The van der Waals surface area contributed by atoms with E-state index in [1.807, 2.05) is 6.08 Å². The van der Waals surface area contributed by atoms with E-state index in [0.717, 1.165) is 19.3 Å². The minimum Gasteiger partial charge on any atom is -0.394 e. The second kappa shape index (κ2) is 8.17. The largest absolute Gasteiger partial charge is 0.394 e. The lowest BCUT2D eigenvalue weighted by Crippen LogP contribution is -2.33. The molecule has 4 unspecified atom stereocenters. The number of nitrogens with two attached hydrogens (primary N) is 1. The number of hydrogen-bond donors (Lipinski definition) is 5. The smallest absolute Gasteiger partial charge is 0.207 e. The molecule has 0 aromatic carbocycles. The molecule has 0 bridgehead atoms. The molecule has 2 aromatic heterocycles. The first-order chi connectivity index (χ1) is 13.0. The van der Waals surface area contributed by atoms with E-state index in [0.29, 0.717) is 22.9 Å². The normalized spacial score (nSPS) is 25.7. The number of nitrogen functional groups attached to an aromatic ring is 1. The van der Waals surface area contributed by atoms with Crippen LogP contribution >= 0.6 is 0 Å². The number of unbranched alkanes of at least 4 members (excludes halogenated alkanes) is 2. The summed E-state index contributed by atoms with van der Waals surface area (Å²) in [6, 6.07) is 0. The van der Waals surface area contributed by atoms with E-state index in [2.05, 4.69) is 27.2 Å². The highest BCUT2D eigenvalue weighted by Gasteiger charge is 2.45. The number of imidazole rings is 1. The van der Waals surface area contributed by atoms with Crippen molar-refractivity contribution < 1.29 is 20.1 Å². The van der Waals surface area contributed by atoms with E-state index in [4.69, 9.17) is 10.5 Å². The van der Waals surface area contributed by atoms with Gasteiger partial charge in [0.25, 0.3) is 0 Å². The molecule has 4 atom stereocenters. The van der Waals surface area contributed by atoms with Gasteiger partial charge in [0.15, 0.2) is 29.0 Å². The van der Waals surface area contributed by atoms with Gasteiger partial charge in [-0.15, -0.1) is 0 Å². The van der Waals surface area contributed by atoms with Gasteiger partial charge in [-0.05, 0) is 12.5 Å². The lowest BCUT2D eigenvalue weighted by atomic mass is 10.1. The van der Waals surface area contributed by atoms with Crippen LogP contribution in [0, 0.1) is 0 Å². The van der Waals surface area contributed by atoms with Crippen LogP contribution in [0.5, 0.6) is 0 Å². The van der Waals surface area contributed by atoms with Gasteiger partial charge in [-0.25, -0.2) is 15.0 Å². The Labute approximate surface area is 156 Å². The number of nitrogens with zero attached hydrogens (tertiary/aromatic N) is 4. The van der Waals surface area contributed by atoms with Gasteiger partial charge in [0.1, 0.15) is 18.3 Å². The summed E-state index contributed by atoms with van der Waals surface area (Å²) in [6.07, 6.45) is 2.48. The molecule has 3 rings (SSSR count). The molecule has 1 saturated heterocycles. The third-order valence-corrected chi connectivity index (χ3v) is 4.57. The molecule has 0 aliphatic carbocycles. The molecule has 1 fully saturated rings. The summed E-state index contributed by atoms with van der Waals surface area (Å²) < 4.78 is 7.16. The number of fused-ring (bicyclic) bond motifs is 1. The predicted octanol–water partition coefficient (Wildman–Crippen LogP) is 0.265. The molecule has 3 heterocycles. The van der Waals surface area contributed by atoms with Crippen LogP contribution < -0.4 is 11.1 Å². The lowest BCUT2D eigenvalue weighted by molar-refractivity contribution is -0.0501. The molecule has 2 aromatic rings. The molecule has 1 aliphatic heterocycles. The minimum atomic E-state index is -1.26. The van der Waals surface area contributed by atoms with Crippen LogP contribution in [-0.4, -0.2) is 66.8 Å². The Kier molecular flexibility index (Phi) is 5.90. The maximum atomic E-state index is 10.4. The highest BCUT2D eigenvalue weighted by molar-refractivity contribution is 5.85. The summed E-state index contributed by atoms with van der Waals surface area (Å²) in [5.74, 6) is 0.983. The number of anilines is 2. The Balaban J connectivity index is 2.05. The van der Waals surface area contributed by atoms with E-state index in [1.54, 1.807) is 13.1 Å². The van der Waals surface area contributed by atoms with Crippen molar-refractivity contribution in [2.45, 2.75) is 50.7 Å². The molecule has 10 nitrogen and oxygen atoms in total. The Hall–Kier alpha value is -2.27. The summed E-state index contributed by atoms with van der Waals surface area (Å²) in [5.41, 5.74) is 6.79. The van der Waals surface area contributed by atoms with Crippen molar-refractivity contribution in [3.05, 3.63) is 11.9 Å². The summed E-state index contributed by atoms with van der Waals surface area (Å²) in [6.45, 7) is 1.70. The number of ether oxygens (including phenoxy) is 1. The fraction of sp³-hybridized carbons (Fsp3) is 0.588. The number of aliphatic hydroxyl groups is 3. The molecule has 6 N–H and O–H groups in total. The number of allylic oxidation sites excluding steroid dienone is 1. The third kappa shape index (κ3) is 3.61. The quantitative estimate of drug-likeness (QED) is 0.427. The Bertz CT molecular complexity index is 823. The van der Waals surface area contributed by atoms with E-state index in [9.17, 15) is 15.3 Å². The second-order valence-corrected chi connectivity index (χ2v) is 6.47. The van der Waals surface area contributed by atoms with Gasteiger partial charge in [-0.3, -0.25) is 4.57 Å². The molecule has 148 valence electrons. The molecule has 27 heavy (non-hydrogen) atoms. The first-order valence-corrected chi connectivity index (χ1v) is 9.04. The standard InChI is InChI=1S/C17H26N6O4/c1-3-4-5-6-7-10-20-14(18)11-15(21-10)23(17(19-2)22-11)16-13(26)12(25)9(8-24)27-16/h6-7,9,12-13,16,24-26H,3-5,8H2,1-2H3,(H,19,22)(H2,18,20,21)/b7-6+. The lowest BCUT2D eigenvalue weighted by Gasteiger charge is -2.19. The van der Waals surface area contributed by atoms with Crippen molar-refractivity contribution >= 4 is 29.0 Å². The van der Waals surface area contributed by atoms with Crippen LogP contribution in [0.3, 0.4) is 0 Å². The average molecular weight is 378 g/mol. The van der Waals surface area contributed by atoms with Crippen LogP contribution in [0.2, 0.25) is 0 Å². The third-order valence-electron chi connectivity index (χ3n) is 4.57. The van der Waals surface area contributed by atoms with Crippen molar-refractivity contribution in [3.63, 3.8) is 0 Å². The van der Waals surface area contributed by atoms with Gasteiger partial charge in [-0.1, -0.05) is 25.8 Å². The van der Waals surface area contributed by atoms with Crippen LogP contribution in [0.4, 0.5) is 11.8 Å². The van der Waals surface area contributed by atoms with E-state index >= 15 is 0 Å². The number of rotatable bonds is 7. The molecule has 0 radical (unpaired) electrons. The van der Waals surface area contributed by atoms with Crippen molar-refractivity contribution in [1.82, 2.24) is 19.5 Å². The fourth-order valence-electron chi connectivity index (χ4n) is 3.11. The molecular weight excluding hydrogens is 352 g/mol. The van der Waals surface area contributed by atoms with Crippen LogP contribution in [0.25, 0.3) is 17.2 Å². The fourth-order valence-corrected chi connectivity index (χ4v) is 3.11. The van der Waals surface area contributed by atoms with Crippen molar-refractivity contribution in [2.75, 3.05) is 24.7 Å². The SMILES string of the molecule is CCCC/C=C/c1nc(N)c2nc(NC)n(C3OC(CO)C(O)C3O)c2n1. The Morgan fingerprint density at radius 2 is 2.04 bits per heavy atom. The predicted molar refractivity (Wildman–Crippen MR) is 101 cm³/mol. The van der Waals surface area contributed by atoms with Crippen molar-refractivity contribution in [2.24, 2.45) is 0 Å². The van der Waals surface area contributed by atoms with Crippen molar-refractivity contribution in [1.29, 1.82) is 0 Å². The maximum Gasteiger partial charge on any atom is 0.207 e. The highest BCUT2D eigenvalue weighted by Crippen LogP contribution is 2.35. The Morgan fingerprint density at radius 1 is 1.26 bits per heavy atom. The Morgan fingerprint density at radius 3 is 2.67 bits per heavy atom. The van der Waals surface area contributed by atoms with Gasteiger partial charge < -0.3 is 31.1 Å². The molecule has 0 saturated carbocycles. The van der Waals surface area contributed by atoms with E-state index in [-0.39, 0.29) is 5.82 Å². The van der Waals surface area contributed by atoms with Gasteiger partial charge in [-0.2, -0.15) is 0 Å². The molecule has 0 spiro atoms. The molecular formula is C17H26N6O4. The topological polar surface area (TPSA) is 152 Å². The van der Waals surface area contributed by atoms with Crippen LogP contribution in [0.15, 0.2) is 6.08 Å². The number of hydrogen-bond acceptors (Lipinski definition) is 9. The van der Waals surface area contributed by atoms with Crippen LogP contribution in [0.1, 0.15) is 38.2 Å². The van der Waals surface area contributed by atoms with Gasteiger partial charge in [0, 0.05) is 7.05 Å². The summed E-state index contributed by atoms with van der Waals surface area (Å²) in [5, 5.41) is 32.7. The van der Waals surface area contributed by atoms with Gasteiger partial charge in [0.05, 0.1) is 6.61 Å². The minimum absolute atomic E-state index is 0.206. The molecule has 1 aliphatic rings. The maximum absolute atomic E-state index is 10.4. The highest BCUT2D eigenvalue weighted by atomic mass is 16.6. The summed E-state index contributed by atoms with van der Waals surface area (Å²) in [4.78, 5) is 13.1. The number of aromatic nitrogens is 4. The summed E-state index contributed by atoms with van der Waals surface area (Å²) in [7, 11) is 1.66. The zero-order valence-electron chi connectivity index (χ0n) is 15.4. The van der Waals surface area contributed by atoms with Gasteiger partial charge >= 0.3 is 0 Å². The van der Waals surface area contributed by atoms with E-state index in [1.165, 1.54) is 4.57 Å². The average Bonchev–Trinajstić information content (AvgIpc) is 3.17. The monoisotopic (exact) mass is 378 g/mol. The van der Waals surface area contributed by atoms with Crippen LogP contribution in [-0.2, 0) is 4.74 Å². The zero-order chi connectivity index (χ0) is 19.6. The second-order valence-electron chi connectivity index (χ2n) is 6.47. The first-order valence-electron chi connectivity index (χ1n) is 9.04. The number of aliphatic hydroxyl groups excluding tert-OH is 3. The van der Waals surface area contributed by atoms with E-state index < -0.39 is 31.1 Å².